The second-order valence-electron chi connectivity index (χ2n) is 6.54. The van der Waals surface area contributed by atoms with Crippen LogP contribution in [0.25, 0.3) is 5.69 Å². The maximum atomic E-state index is 13.4. The SMILES string of the molecule is O=c1n(-c2ccc(C3CNNC3)cc2)nc(CO)n1Cc1cccc(F)c1. The lowest BCUT2D eigenvalue weighted by atomic mass is 10.0. The number of halogens is 1. The Morgan fingerprint density at radius 3 is 2.56 bits per heavy atom. The van der Waals surface area contributed by atoms with E-state index in [2.05, 4.69) is 16.0 Å². The first-order valence-electron chi connectivity index (χ1n) is 8.76. The minimum absolute atomic E-state index is 0.143. The highest BCUT2D eigenvalue weighted by Crippen LogP contribution is 2.18. The first-order chi connectivity index (χ1) is 13.2. The second kappa shape index (κ2) is 7.43. The van der Waals surface area contributed by atoms with E-state index in [0.717, 1.165) is 13.1 Å². The van der Waals surface area contributed by atoms with Gasteiger partial charge in [-0.05, 0) is 35.4 Å². The molecule has 7 nitrogen and oxygen atoms in total. The van der Waals surface area contributed by atoms with Crippen LogP contribution < -0.4 is 16.5 Å². The van der Waals surface area contributed by atoms with Crippen LogP contribution in [0.3, 0.4) is 0 Å². The predicted octanol–water partition coefficient (Wildman–Crippen LogP) is 0.905. The lowest BCUT2D eigenvalue weighted by molar-refractivity contribution is 0.265. The molecular weight excluding hydrogens is 349 g/mol. The predicted molar refractivity (Wildman–Crippen MR) is 98.0 cm³/mol. The molecule has 3 aromatic rings. The Morgan fingerprint density at radius 1 is 1.15 bits per heavy atom. The molecule has 0 bridgehead atoms. The summed E-state index contributed by atoms with van der Waals surface area (Å²) < 4.78 is 16.0. The smallest absolute Gasteiger partial charge is 0.351 e. The van der Waals surface area contributed by atoms with Gasteiger partial charge in [-0.25, -0.2) is 9.18 Å². The van der Waals surface area contributed by atoms with Crippen molar-refractivity contribution in [2.75, 3.05) is 13.1 Å². The molecule has 27 heavy (non-hydrogen) atoms. The number of hydrogen-bond acceptors (Lipinski definition) is 5. The molecule has 1 aliphatic heterocycles. The van der Waals surface area contributed by atoms with Gasteiger partial charge in [-0.1, -0.05) is 24.3 Å². The van der Waals surface area contributed by atoms with Gasteiger partial charge >= 0.3 is 5.69 Å². The average molecular weight is 369 g/mol. The Kier molecular flexibility index (Phi) is 4.85. The molecule has 140 valence electrons. The molecule has 2 heterocycles. The summed E-state index contributed by atoms with van der Waals surface area (Å²) in [5.41, 5.74) is 8.24. The zero-order valence-electron chi connectivity index (χ0n) is 14.6. The molecule has 1 saturated heterocycles. The van der Waals surface area contributed by atoms with E-state index in [9.17, 15) is 14.3 Å². The first-order valence-corrected chi connectivity index (χ1v) is 8.76. The lowest BCUT2D eigenvalue weighted by Gasteiger charge is -2.08. The van der Waals surface area contributed by atoms with Gasteiger partial charge in [-0.2, -0.15) is 4.68 Å². The Morgan fingerprint density at radius 2 is 1.89 bits per heavy atom. The van der Waals surface area contributed by atoms with Crippen molar-refractivity contribution in [2.45, 2.75) is 19.1 Å². The molecule has 0 unspecified atom stereocenters. The zero-order valence-corrected chi connectivity index (χ0v) is 14.6. The maximum Gasteiger partial charge on any atom is 0.351 e. The molecule has 1 aromatic heterocycles. The quantitative estimate of drug-likeness (QED) is 0.623. The van der Waals surface area contributed by atoms with Gasteiger partial charge in [0.25, 0.3) is 0 Å². The number of aliphatic hydroxyl groups is 1. The Hall–Kier alpha value is -2.81. The molecule has 2 aromatic carbocycles. The summed E-state index contributed by atoms with van der Waals surface area (Å²) in [5.74, 6) is 0.247. The number of hydrazine groups is 1. The Bertz CT molecular complexity index is 990. The molecule has 0 aliphatic carbocycles. The van der Waals surface area contributed by atoms with Gasteiger partial charge in [0, 0.05) is 19.0 Å². The van der Waals surface area contributed by atoms with Crippen LogP contribution >= 0.6 is 0 Å². The van der Waals surface area contributed by atoms with E-state index < -0.39 is 0 Å². The molecule has 8 heteroatoms. The van der Waals surface area contributed by atoms with E-state index in [-0.39, 0.29) is 30.5 Å². The summed E-state index contributed by atoms with van der Waals surface area (Å²) in [6, 6.07) is 13.7. The van der Waals surface area contributed by atoms with Crippen LogP contribution in [-0.4, -0.2) is 32.5 Å². The van der Waals surface area contributed by atoms with Crippen LogP contribution in [0.5, 0.6) is 0 Å². The van der Waals surface area contributed by atoms with E-state index in [4.69, 9.17) is 0 Å². The molecule has 0 spiro atoms. The Labute approximate surface area is 155 Å². The van der Waals surface area contributed by atoms with Crippen molar-refractivity contribution in [3.63, 3.8) is 0 Å². The van der Waals surface area contributed by atoms with Gasteiger partial charge in [0.2, 0.25) is 0 Å². The number of nitrogens with one attached hydrogen (secondary N) is 2. The average Bonchev–Trinajstić information content (AvgIpc) is 3.31. The van der Waals surface area contributed by atoms with Gasteiger partial charge < -0.3 is 5.11 Å². The molecule has 0 saturated carbocycles. The van der Waals surface area contributed by atoms with Crippen molar-refractivity contribution < 1.29 is 9.50 Å². The zero-order chi connectivity index (χ0) is 18.8. The fourth-order valence-electron chi connectivity index (χ4n) is 3.29. The van der Waals surface area contributed by atoms with Crippen LogP contribution in [0, 0.1) is 5.82 Å². The van der Waals surface area contributed by atoms with Crippen LogP contribution in [0.1, 0.15) is 22.9 Å². The number of hydrogen-bond donors (Lipinski definition) is 3. The minimum atomic E-state index is -0.380. The highest BCUT2D eigenvalue weighted by molar-refractivity contribution is 5.35. The third-order valence-corrected chi connectivity index (χ3v) is 4.74. The molecule has 0 atom stereocenters. The number of aromatic nitrogens is 3. The van der Waals surface area contributed by atoms with Gasteiger partial charge in [0.05, 0.1) is 12.2 Å². The van der Waals surface area contributed by atoms with Crippen LogP contribution in [-0.2, 0) is 13.2 Å². The van der Waals surface area contributed by atoms with Gasteiger partial charge in [-0.3, -0.25) is 15.4 Å². The molecular formula is C19H20FN5O2. The summed E-state index contributed by atoms with van der Waals surface area (Å²) in [4.78, 5) is 12.8. The normalized spacial score (nSPS) is 14.7. The summed E-state index contributed by atoms with van der Waals surface area (Å²) in [7, 11) is 0. The largest absolute Gasteiger partial charge is 0.388 e. The second-order valence-corrected chi connectivity index (χ2v) is 6.54. The molecule has 1 fully saturated rings. The number of aliphatic hydroxyl groups excluding tert-OH is 1. The molecule has 3 N–H and O–H groups in total. The highest BCUT2D eigenvalue weighted by Gasteiger charge is 2.18. The topological polar surface area (TPSA) is 84.1 Å². The van der Waals surface area contributed by atoms with E-state index in [1.807, 2.05) is 24.3 Å². The van der Waals surface area contributed by atoms with Crippen molar-refractivity contribution >= 4 is 0 Å². The minimum Gasteiger partial charge on any atom is -0.388 e. The maximum absolute atomic E-state index is 13.4. The van der Waals surface area contributed by atoms with E-state index in [1.165, 1.54) is 26.9 Å². The first kappa shape index (κ1) is 17.6. The number of rotatable bonds is 5. The third-order valence-electron chi connectivity index (χ3n) is 4.74. The number of nitrogens with zero attached hydrogens (tertiary/aromatic N) is 3. The van der Waals surface area contributed by atoms with Crippen LogP contribution in [0.2, 0.25) is 0 Å². The van der Waals surface area contributed by atoms with E-state index in [1.54, 1.807) is 12.1 Å². The van der Waals surface area contributed by atoms with Crippen molar-refractivity contribution in [3.8, 4) is 5.69 Å². The summed E-state index contributed by atoms with van der Waals surface area (Å²) in [6.45, 7) is 1.48. The van der Waals surface area contributed by atoms with Crippen LogP contribution in [0.15, 0.2) is 53.3 Å². The monoisotopic (exact) mass is 369 g/mol. The fourth-order valence-corrected chi connectivity index (χ4v) is 3.29. The van der Waals surface area contributed by atoms with Crippen molar-refractivity contribution in [3.05, 3.63) is 81.8 Å². The summed E-state index contributed by atoms with van der Waals surface area (Å²) >= 11 is 0. The van der Waals surface area contributed by atoms with Crippen molar-refractivity contribution in [1.29, 1.82) is 0 Å². The third kappa shape index (κ3) is 3.55. The van der Waals surface area contributed by atoms with Gasteiger partial charge in [0.1, 0.15) is 12.4 Å². The van der Waals surface area contributed by atoms with E-state index in [0.29, 0.717) is 17.2 Å². The van der Waals surface area contributed by atoms with Crippen LogP contribution in [0.4, 0.5) is 4.39 Å². The molecule has 0 radical (unpaired) electrons. The summed E-state index contributed by atoms with van der Waals surface area (Å²) in [6.07, 6.45) is 0. The summed E-state index contributed by atoms with van der Waals surface area (Å²) in [5, 5.41) is 13.8. The Balaban J connectivity index is 1.65. The lowest BCUT2D eigenvalue weighted by Crippen LogP contribution is -2.25. The van der Waals surface area contributed by atoms with Crippen molar-refractivity contribution in [1.82, 2.24) is 25.2 Å². The van der Waals surface area contributed by atoms with Gasteiger partial charge in [0.15, 0.2) is 5.82 Å². The molecule has 4 rings (SSSR count). The fraction of sp³-hybridized carbons (Fsp3) is 0.263. The molecule has 1 aliphatic rings. The standard InChI is InChI=1S/C19H20FN5O2/c20-16-3-1-2-13(8-16)11-24-18(12-26)23-25(19(24)27)17-6-4-14(5-7-17)15-9-21-22-10-15/h1-8,15,21-22,26H,9-12H2. The highest BCUT2D eigenvalue weighted by atomic mass is 19.1. The van der Waals surface area contributed by atoms with E-state index >= 15 is 0 Å². The van der Waals surface area contributed by atoms with Gasteiger partial charge in [-0.15, -0.1) is 5.10 Å². The van der Waals surface area contributed by atoms with Crippen molar-refractivity contribution in [2.24, 2.45) is 0 Å². The molecule has 0 amide bonds. The number of benzene rings is 2.